The second-order valence-electron chi connectivity index (χ2n) is 4.21. The largest absolute Gasteiger partial charge is 0.497 e. The highest BCUT2D eigenvalue weighted by molar-refractivity contribution is 5.58. The molecular weight excluding hydrogens is 256 g/mol. The van der Waals surface area contributed by atoms with Gasteiger partial charge < -0.3 is 9.26 Å². The maximum Gasteiger partial charge on any atom is 0.278 e. The predicted molar refractivity (Wildman–Crippen MR) is 72.0 cm³/mol. The van der Waals surface area contributed by atoms with Gasteiger partial charge in [-0.15, -0.1) is 5.10 Å². The Morgan fingerprint density at radius 2 is 1.80 bits per heavy atom. The molecule has 0 amide bonds. The van der Waals surface area contributed by atoms with Crippen LogP contribution in [0.5, 0.6) is 5.75 Å². The number of aryl methyl sites for hydroxylation is 1. The number of ether oxygens (including phenoxy) is 1. The first-order valence-corrected chi connectivity index (χ1v) is 6.05. The Hall–Kier alpha value is -2.76. The van der Waals surface area contributed by atoms with Gasteiger partial charge in [0.05, 0.1) is 12.8 Å². The van der Waals surface area contributed by atoms with Gasteiger partial charge in [-0.25, -0.2) is 0 Å². The van der Waals surface area contributed by atoms with E-state index in [0.29, 0.717) is 17.4 Å². The number of benzene rings is 1. The molecule has 2 heterocycles. The maximum absolute atomic E-state index is 5.21. The Bertz CT molecular complexity index is 705. The number of nitrogens with zero attached hydrogens (tertiary/aromatic N) is 4. The molecular formula is C14H12N4O2. The molecule has 20 heavy (non-hydrogen) atoms. The molecule has 0 N–H and O–H groups in total. The van der Waals surface area contributed by atoms with Gasteiger partial charge in [-0.05, 0) is 43.3 Å². The van der Waals surface area contributed by atoms with E-state index in [4.69, 9.17) is 9.26 Å². The van der Waals surface area contributed by atoms with E-state index in [-0.39, 0.29) is 0 Å². The second-order valence-corrected chi connectivity index (χ2v) is 4.21. The molecule has 0 bridgehead atoms. The topological polar surface area (TPSA) is 73.9 Å². The van der Waals surface area contributed by atoms with Gasteiger partial charge in [0.15, 0.2) is 5.69 Å². The van der Waals surface area contributed by atoms with Crippen molar-refractivity contribution in [3.63, 3.8) is 0 Å². The van der Waals surface area contributed by atoms with Crippen LogP contribution in [0.4, 0.5) is 0 Å². The number of aromatic nitrogens is 4. The maximum atomic E-state index is 5.21. The predicted octanol–water partition coefficient (Wildman–Crippen LogP) is 2.51. The molecule has 0 radical (unpaired) electrons. The summed E-state index contributed by atoms with van der Waals surface area (Å²) < 4.78 is 10.3. The first-order valence-electron chi connectivity index (χ1n) is 6.05. The van der Waals surface area contributed by atoms with E-state index < -0.39 is 0 Å². The van der Waals surface area contributed by atoms with Crippen LogP contribution >= 0.6 is 0 Å². The number of hydrogen-bond acceptors (Lipinski definition) is 6. The van der Waals surface area contributed by atoms with E-state index in [9.17, 15) is 0 Å². The third kappa shape index (κ3) is 2.35. The van der Waals surface area contributed by atoms with Crippen molar-refractivity contribution in [1.82, 2.24) is 20.3 Å². The van der Waals surface area contributed by atoms with Crippen molar-refractivity contribution in [1.29, 1.82) is 0 Å². The molecule has 100 valence electrons. The molecule has 0 saturated carbocycles. The smallest absolute Gasteiger partial charge is 0.278 e. The third-order valence-corrected chi connectivity index (χ3v) is 2.79. The molecule has 0 unspecified atom stereocenters. The zero-order valence-electron chi connectivity index (χ0n) is 11.1. The normalized spacial score (nSPS) is 10.5. The summed E-state index contributed by atoms with van der Waals surface area (Å²) in [7, 11) is 1.62. The van der Waals surface area contributed by atoms with Gasteiger partial charge in [0, 0.05) is 5.56 Å². The fourth-order valence-electron chi connectivity index (χ4n) is 1.70. The van der Waals surface area contributed by atoms with Crippen LogP contribution in [0.3, 0.4) is 0 Å². The Morgan fingerprint density at radius 1 is 1.00 bits per heavy atom. The fraction of sp³-hybridized carbons (Fsp3) is 0.143. The molecule has 0 aliphatic carbocycles. The standard InChI is InChI=1S/C14H12N4O2/c1-9-3-8-12(17-16-9)14-15-13(18-20-14)10-4-6-11(19-2)7-5-10/h3-8H,1-2H3. The van der Waals surface area contributed by atoms with Crippen LogP contribution in [0, 0.1) is 6.92 Å². The summed E-state index contributed by atoms with van der Waals surface area (Å²) in [5.41, 5.74) is 2.24. The van der Waals surface area contributed by atoms with E-state index in [0.717, 1.165) is 17.0 Å². The van der Waals surface area contributed by atoms with Gasteiger partial charge in [-0.1, -0.05) is 5.16 Å². The van der Waals surface area contributed by atoms with Crippen LogP contribution in [-0.4, -0.2) is 27.4 Å². The lowest BCUT2D eigenvalue weighted by molar-refractivity contribution is 0.414. The quantitative estimate of drug-likeness (QED) is 0.726. The van der Waals surface area contributed by atoms with Crippen molar-refractivity contribution in [2.45, 2.75) is 6.92 Å². The fourth-order valence-corrected chi connectivity index (χ4v) is 1.70. The van der Waals surface area contributed by atoms with Crippen molar-refractivity contribution in [2.75, 3.05) is 7.11 Å². The highest BCUT2D eigenvalue weighted by atomic mass is 16.5. The zero-order valence-corrected chi connectivity index (χ0v) is 11.1. The lowest BCUT2D eigenvalue weighted by Crippen LogP contribution is -1.89. The molecule has 6 heteroatoms. The lowest BCUT2D eigenvalue weighted by Gasteiger charge is -1.98. The number of rotatable bonds is 3. The van der Waals surface area contributed by atoms with Gasteiger partial charge in [0.2, 0.25) is 5.82 Å². The first kappa shape index (κ1) is 12.3. The van der Waals surface area contributed by atoms with Gasteiger partial charge in [-0.2, -0.15) is 10.1 Å². The minimum Gasteiger partial charge on any atom is -0.497 e. The molecule has 3 aromatic rings. The Labute approximate surface area is 115 Å². The summed E-state index contributed by atoms with van der Waals surface area (Å²) in [6.07, 6.45) is 0. The molecule has 0 atom stereocenters. The average Bonchev–Trinajstić information content (AvgIpc) is 2.98. The molecule has 0 fully saturated rings. The van der Waals surface area contributed by atoms with Crippen LogP contribution in [-0.2, 0) is 0 Å². The second kappa shape index (κ2) is 5.08. The molecule has 3 rings (SSSR count). The summed E-state index contributed by atoms with van der Waals surface area (Å²) in [6, 6.07) is 11.1. The van der Waals surface area contributed by atoms with Crippen LogP contribution < -0.4 is 4.74 Å². The molecule has 0 saturated heterocycles. The number of methoxy groups -OCH3 is 1. The van der Waals surface area contributed by atoms with Crippen LogP contribution in [0.1, 0.15) is 5.69 Å². The average molecular weight is 268 g/mol. The summed E-state index contributed by atoms with van der Waals surface area (Å²) in [6.45, 7) is 1.87. The van der Waals surface area contributed by atoms with Crippen molar-refractivity contribution in [2.24, 2.45) is 0 Å². The van der Waals surface area contributed by atoms with E-state index in [1.54, 1.807) is 13.2 Å². The molecule has 6 nitrogen and oxygen atoms in total. The van der Waals surface area contributed by atoms with Crippen molar-refractivity contribution >= 4 is 0 Å². The van der Waals surface area contributed by atoms with Crippen LogP contribution in [0.25, 0.3) is 23.0 Å². The van der Waals surface area contributed by atoms with Crippen molar-refractivity contribution in [3.8, 4) is 28.7 Å². The van der Waals surface area contributed by atoms with Gasteiger partial charge in [0.25, 0.3) is 5.89 Å². The van der Waals surface area contributed by atoms with Gasteiger partial charge >= 0.3 is 0 Å². The highest BCUT2D eigenvalue weighted by Crippen LogP contribution is 2.22. The Morgan fingerprint density at radius 3 is 2.45 bits per heavy atom. The first-order chi connectivity index (χ1) is 9.76. The Balaban J connectivity index is 1.91. The highest BCUT2D eigenvalue weighted by Gasteiger charge is 2.12. The monoisotopic (exact) mass is 268 g/mol. The van der Waals surface area contributed by atoms with Crippen LogP contribution in [0.2, 0.25) is 0 Å². The molecule has 0 aliphatic heterocycles. The summed E-state index contributed by atoms with van der Waals surface area (Å²) in [5, 5.41) is 11.9. The zero-order chi connectivity index (χ0) is 13.9. The molecule has 0 aliphatic rings. The number of hydrogen-bond donors (Lipinski definition) is 0. The third-order valence-electron chi connectivity index (χ3n) is 2.79. The van der Waals surface area contributed by atoms with Gasteiger partial charge in [0.1, 0.15) is 5.75 Å². The van der Waals surface area contributed by atoms with Crippen molar-refractivity contribution in [3.05, 3.63) is 42.1 Å². The summed E-state index contributed by atoms with van der Waals surface area (Å²) >= 11 is 0. The Kier molecular flexibility index (Phi) is 3.12. The molecule has 1 aromatic carbocycles. The minimum absolute atomic E-state index is 0.350. The molecule has 2 aromatic heterocycles. The molecule has 0 spiro atoms. The van der Waals surface area contributed by atoms with E-state index in [1.165, 1.54) is 0 Å². The summed E-state index contributed by atoms with van der Waals surface area (Å²) in [4.78, 5) is 4.31. The minimum atomic E-state index is 0.350. The van der Waals surface area contributed by atoms with Crippen molar-refractivity contribution < 1.29 is 9.26 Å². The lowest BCUT2D eigenvalue weighted by atomic mass is 10.2. The summed E-state index contributed by atoms with van der Waals surface area (Å²) in [5.74, 6) is 1.63. The SMILES string of the molecule is COc1ccc(-c2noc(-c3ccc(C)nn3)n2)cc1. The van der Waals surface area contributed by atoms with Gasteiger partial charge in [-0.3, -0.25) is 0 Å². The van der Waals surface area contributed by atoms with Crippen LogP contribution in [0.15, 0.2) is 40.9 Å². The van der Waals surface area contributed by atoms with E-state index >= 15 is 0 Å². The van der Waals surface area contributed by atoms with E-state index in [1.807, 2.05) is 37.3 Å². The van der Waals surface area contributed by atoms with E-state index in [2.05, 4.69) is 20.3 Å².